The van der Waals surface area contributed by atoms with Crippen molar-refractivity contribution < 1.29 is 9.90 Å². The van der Waals surface area contributed by atoms with Crippen molar-refractivity contribution in [2.24, 2.45) is 4.99 Å². The molecular weight excluding hydrogens is 515 g/mol. The van der Waals surface area contributed by atoms with Gasteiger partial charge in [-0.2, -0.15) is 0 Å². The molecule has 4 nitrogen and oxygen atoms in total. The fourth-order valence-electron chi connectivity index (χ4n) is 1.98. The Hall–Kier alpha value is -0.990. The third kappa shape index (κ3) is 4.41. The zero-order valence-electron chi connectivity index (χ0n) is 12.2. The lowest BCUT2D eigenvalue weighted by Gasteiger charge is -2.02. The molecule has 1 saturated heterocycles. The minimum absolute atomic E-state index is 0.100. The highest BCUT2D eigenvalue weighted by Gasteiger charge is 2.24. The summed E-state index contributed by atoms with van der Waals surface area (Å²) in [5, 5.41) is 13.8. The molecule has 0 radical (unpaired) electrons. The lowest BCUT2D eigenvalue weighted by molar-refractivity contribution is -0.115. The van der Waals surface area contributed by atoms with Crippen LogP contribution >= 0.6 is 66.8 Å². The number of nitrogens with zero attached hydrogens (tertiary/aromatic N) is 1. The largest absolute Gasteiger partial charge is 0.506 e. The molecule has 0 saturated carbocycles. The maximum absolute atomic E-state index is 12.2. The second kappa shape index (κ2) is 7.72. The second-order valence-electron chi connectivity index (χ2n) is 4.91. The number of aromatic hydroxyl groups is 1. The van der Waals surface area contributed by atoms with Crippen molar-refractivity contribution in [3.8, 4) is 5.75 Å². The Kier molecular flexibility index (Phi) is 5.80. The van der Waals surface area contributed by atoms with E-state index in [0.717, 1.165) is 5.56 Å². The molecule has 0 aliphatic carbocycles. The van der Waals surface area contributed by atoms with Crippen molar-refractivity contribution in [2.45, 2.75) is 0 Å². The summed E-state index contributed by atoms with van der Waals surface area (Å²) in [6.07, 6.45) is 1.71. The van der Waals surface area contributed by atoms with E-state index in [1.54, 1.807) is 36.4 Å². The van der Waals surface area contributed by atoms with Gasteiger partial charge in [-0.05, 0) is 85.6 Å². The minimum atomic E-state index is -0.262. The number of thioether (sulfide) groups is 1. The molecule has 25 heavy (non-hydrogen) atoms. The van der Waals surface area contributed by atoms with Gasteiger partial charge >= 0.3 is 0 Å². The molecule has 0 bridgehead atoms. The summed E-state index contributed by atoms with van der Waals surface area (Å²) in [6, 6.07) is 8.36. The van der Waals surface area contributed by atoms with Gasteiger partial charge in [-0.1, -0.05) is 23.2 Å². The number of phenolic OH excluding ortho intramolecular Hbond substituents is 1. The molecule has 1 fully saturated rings. The Morgan fingerprint density at radius 3 is 2.52 bits per heavy atom. The van der Waals surface area contributed by atoms with Crippen LogP contribution in [0.4, 0.5) is 5.69 Å². The van der Waals surface area contributed by atoms with Crippen molar-refractivity contribution in [3.05, 3.63) is 59.8 Å². The SMILES string of the molecule is O=C1NC(=Nc2cc(Cl)ccc2Cl)S/C1=C/c1cc(Br)c(O)c(Br)c1. The first-order valence-electron chi connectivity index (χ1n) is 6.76. The van der Waals surface area contributed by atoms with Crippen LogP contribution in [-0.2, 0) is 4.79 Å². The van der Waals surface area contributed by atoms with Gasteiger partial charge in [0.15, 0.2) is 5.17 Å². The number of phenols is 1. The van der Waals surface area contributed by atoms with Crippen LogP contribution in [0.1, 0.15) is 5.56 Å². The maximum Gasteiger partial charge on any atom is 0.264 e. The molecule has 128 valence electrons. The van der Waals surface area contributed by atoms with Crippen molar-refractivity contribution in [1.82, 2.24) is 5.32 Å². The van der Waals surface area contributed by atoms with Crippen LogP contribution in [0.15, 0.2) is 49.2 Å². The van der Waals surface area contributed by atoms with E-state index >= 15 is 0 Å². The second-order valence-corrected chi connectivity index (χ2v) is 8.49. The average Bonchev–Trinajstić information content (AvgIpc) is 2.88. The summed E-state index contributed by atoms with van der Waals surface area (Å²) in [6.45, 7) is 0. The van der Waals surface area contributed by atoms with Crippen LogP contribution in [0, 0.1) is 0 Å². The number of carbonyl (C=O) groups excluding carboxylic acids is 1. The van der Waals surface area contributed by atoms with Gasteiger partial charge in [-0.25, -0.2) is 4.99 Å². The summed E-state index contributed by atoms with van der Waals surface area (Å²) in [7, 11) is 0. The van der Waals surface area contributed by atoms with Crippen molar-refractivity contribution in [1.29, 1.82) is 0 Å². The molecule has 1 heterocycles. The van der Waals surface area contributed by atoms with E-state index in [1.165, 1.54) is 11.8 Å². The lowest BCUT2D eigenvalue weighted by Crippen LogP contribution is -2.19. The van der Waals surface area contributed by atoms with Crippen LogP contribution in [-0.4, -0.2) is 16.2 Å². The van der Waals surface area contributed by atoms with Gasteiger partial charge < -0.3 is 10.4 Å². The third-order valence-corrected chi connectivity index (χ3v) is 5.79. The minimum Gasteiger partial charge on any atom is -0.506 e. The summed E-state index contributed by atoms with van der Waals surface area (Å²) in [4.78, 5) is 17.0. The summed E-state index contributed by atoms with van der Waals surface area (Å²) in [5.41, 5.74) is 1.23. The van der Waals surface area contributed by atoms with Crippen LogP contribution in [0.3, 0.4) is 0 Å². The topological polar surface area (TPSA) is 61.7 Å². The van der Waals surface area contributed by atoms with Gasteiger partial charge in [0.1, 0.15) is 5.75 Å². The number of amides is 1. The molecule has 2 aromatic carbocycles. The summed E-state index contributed by atoms with van der Waals surface area (Å²) >= 11 is 19.8. The van der Waals surface area contributed by atoms with Crippen LogP contribution in [0.2, 0.25) is 10.0 Å². The van der Waals surface area contributed by atoms with Crippen molar-refractivity contribution >= 4 is 89.7 Å². The molecule has 9 heteroatoms. The highest BCUT2D eigenvalue weighted by molar-refractivity contribution is 9.11. The molecule has 0 unspecified atom stereocenters. The zero-order valence-corrected chi connectivity index (χ0v) is 17.7. The number of rotatable bonds is 2. The quantitative estimate of drug-likeness (QED) is 0.467. The Balaban J connectivity index is 1.90. The number of hydrogen-bond donors (Lipinski definition) is 2. The third-order valence-electron chi connectivity index (χ3n) is 3.12. The highest BCUT2D eigenvalue weighted by atomic mass is 79.9. The maximum atomic E-state index is 12.2. The Labute approximate surface area is 174 Å². The molecule has 1 amide bonds. The van der Waals surface area contributed by atoms with Crippen LogP contribution in [0.25, 0.3) is 6.08 Å². The Morgan fingerprint density at radius 1 is 1.16 bits per heavy atom. The van der Waals surface area contributed by atoms with Crippen molar-refractivity contribution in [3.63, 3.8) is 0 Å². The summed E-state index contributed by atoms with van der Waals surface area (Å²) < 4.78 is 1.05. The van der Waals surface area contributed by atoms with Crippen molar-refractivity contribution in [2.75, 3.05) is 0 Å². The normalized spacial score (nSPS) is 17.4. The zero-order chi connectivity index (χ0) is 18.1. The average molecular weight is 523 g/mol. The highest BCUT2D eigenvalue weighted by Crippen LogP contribution is 2.36. The molecule has 3 rings (SSSR count). The first-order valence-corrected chi connectivity index (χ1v) is 9.92. The Bertz CT molecular complexity index is 925. The number of hydrogen-bond acceptors (Lipinski definition) is 4. The number of carbonyl (C=O) groups is 1. The fraction of sp³-hybridized carbons (Fsp3) is 0. The van der Waals surface area contributed by atoms with E-state index in [4.69, 9.17) is 23.2 Å². The van der Waals surface area contributed by atoms with Crippen LogP contribution in [0.5, 0.6) is 5.75 Å². The van der Waals surface area contributed by atoms with Gasteiger partial charge in [0.2, 0.25) is 0 Å². The van der Waals surface area contributed by atoms with Gasteiger partial charge in [0.25, 0.3) is 5.91 Å². The lowest BCUT2D eigenvalue weighted by atomic mass is 10.2. The number of benzene rings is 2. The number of aliphatic imine (C=N–C) groups is 1. The molecular formula is C16H8Br2Cl2N2O2S. The van der Waals surface area contributed by atoms with E-state index in [9.17, 15) is 9.90 Å². The predicted molar refractivity (Wildman–Crippen MR) is 111 cm³/mol. The molecule has 2 N–H and O–H groups in total. The number of amidine groups is 1. The number of nitrogens with one attached hydrogen (secondary N) is 1. The molecule has 1 aliphatic rings. The van der Waals surface area contributed by atoms with E-state index in [-0.39, 0.29) is 11.7 Å². The molecule has 2 aromatic rings. The monoisotopic (exact) mass is 520 g/mol. The van der Waals surface area contributed by atoms with Gasteiger partial charge in [0.05, 0.1) is 24.6 Å². The first kappa shape index (κ1) is 18.8. The van der Waals surface area contributed by atoms with Gasteiger partial charge in [-0.3, -0.25) is 4.79 Å². The summed E-state index contributed by atoms with van der Waals surface area (Å²) in [5.74, 6) is -0.161. The van der Waals surface area contributed by atoms with E-state index in [1.807, 2.05) is 0 Å². The molecule has 1 aliphatic heterocycles. The van der Waals surface area contributed by atoms with E-state index < -0.39 is 0 Å². The first-order chi connectivity index (χ1) is 11.8. The van der Waals surface area contributed by atoms with E-state index in [2.05, 4.69) is 42.2 Å². The smallest absolute Gasteiger partial charge is 0.264 e. The fourth-order valence-corrected chi connectivity index (χ4v) is 4.36. The molecule has 0 aromatic heterocycles. The number of halogens is 4. The molecule has 0 atom stereocenters. The van der Waals surface area contributed by atoms with Crippen LogP contribution < -0.4 is 5.32 Å². The van der Waals surface area contributed by atoms with Gasteiger partial charge in [-0.15, -0.1) is 0 Å². The molecule has 0 spiro atoms. The van der Waals surface area contributed by atoms with Gasteiger partial charge in [0, 0.05) is 5.02 Å². The predicted octanol–water partition coefficient (Wildman–Crippen LogP) is 6.12. The Morgan fingerprint density at radius 2 is 1.84 bits per heavy atom. The standard InChI is InChI=1S/C16H8Br2Cl2N2O2S/c17-9-3-7(4-10(18)14(9)23)5-13-15(24)22-16(25-13)21-12-6-8(19)1-2-11(12)20/h1-6,23H,(H,21,22,24)/b13-5+. The van der Waals surface area contributed by atoms with E-state index in [0.29, 0.717) is 34.8 Å².